The Morgan fingerprint density at radius 1 is 1.07 bits per heavy atom. The van der Waals surface area contributed by atoms with Gasteiger partial charge < -0.3 is 14.8 Å². The lowest BCUT2D eigenvalue weighted by atomic mass is 10.2. The average Bonchev–Trinajstić information content (AvgIpc) is 3.17. The minimum Gasteiger partial charge on any atom is -0.350 e. The molecular weight excluding hydrogens is 354 g/mol. The quantitative estimate of drug-likeness (QED) is 0.714. The summed E-state index contributed by atoms with van der Waals surface area (Å²) < 4.78 is 1.76. The second-order valence-electron chi connectivity index (χ2n) is 6.72. The van der Waals surface area contributed by atoms with E-state index in [1.165, 1.54) is 0 Å². The number of nitrogens with zero attached hydrogens (tertiary/aromatic N) is 4. The fourth-order valence-corrected chi connectivity index (χ4v) is 3.25. The van der Waals surface area contributed by atoms with Gasteiger partial charge in [0.2, 0.25) is 0 Å². The van der Waals surface area contributed by atoms with E-state index < -0.39 is 0 Å². The van der Waals surface area contributed by atoms with Crippen LogP contribution in [0, 0.1) is 0 Å². The van der Waals surface area contributed by atoms with Crippen LogP contribution in [0.3, 0.4) is 0 Å². The van der Waals surface area contributed by atoms with Crippen molar-refractivity contribution in [1.29, 1.82) is 0 Å². The van der Waals surface area contributed by atoms with Gasteiger partial charge in [-0.25, -0.2) is 4.98 Å². The van der Waals surface area contributed by atoms with Gasteiger partial charge >= 0.3 is 0 Å². The molecule has 1 aliphatic heterocycles. The van der Waals surface area contributed by atoms with Crippen molar-refractivity contribution in [2.75, 3.05) is 13.1 Å². The summed E-state index contributed by atoms with van der Waals surface area (Å²) in [7, 11) is 0. The van der Waals surface area contributed by atoms with E-state index in [0.717, 1.165) is 11.1 Å². The smallest absolute Gasteiger partial charge is 0.290 e. The summed E-state index contributed by atoms with van der Waals surface area (Å²) >= 11 is 0. The van der Waals surface area contributed by atoms with E-state index >= 15 is 0 Å². The molecule has 1 aromatic carbocycles. The van der Waals surface area contributed by atoms with E-state index in [0.29, 0.717) is 38.4 Å². The Labute approximate surface area is 163 Å². The number of amides is 2. The Bertz CT molecular complexity index is 969. The molecule has 0 radical (unpaired) electrons. The van der Waals surface area contributed by atoms with Gasteiger partial charge in [-0.3, -0.25) is 14.6 Å². The van der Waals surface area contributed by atoms with E-state index in [1.807, 2.05) is 42.5 Å². The van der Waals surface area contributed by atoms with Crippen molar-refractivity contribution in [3.05, 3.63) is 83.7 Å². The number of hydrogen-bond acceptors (Lipinski definition) is 4. The molecule has 4 rings (SSSR count). The number of carbonyl (C=O) groups excluding carboxylic acids is 2. The lowest BCUT2D eigenvalue weighted by molar-refractivity contribution is 0.0683. The molecule has 0 bridgehead atoms. The number of hydrogen-bond donors (Lipinski definition) is 1. The zero-order valence-corrected chi connectivity index (χ0v) is 15.4. The fourth-order valence-electron chi connectivity index (χ4n) is 3.25. The molecule has 7 nitrogen and oxygen atoms in total. The first kappa shape index (κ1) is 17.9. The molecule has 0 aliphatic carbocycles. The Kier molecular flexibility index (Phi) is 5.14. The largest absolute Gasteiger partial charge is 0.350 e. The Morgan fingerprint density at radius 3 is 2.68 bits per heavy atom. The van der Waals surface area contributed by atoms with Crippen LogP contribution in [0.5, 0.6) is 0 Å². The van der Waals surface area contributed by atoms with Crippen molar-refractivity contribution in [3.8, 4) is 0 Å². The van der Waals surface area contributed by atoms with E-state index in [4.69, 9.17) is 0 Å². The zero-order valence-electron chi connectivity index (χ0n) is 15.4. The van der Waals surface area contributed by atoms with E-state index in [2.05, 4.69) is 15.3 Å². The van der Waals surface area contributed by atoms with Crippen LogP contribution in [0.25, 0.3) is 0 Å². The molecule has 142 valence electrons. The van der Waals surface area contributed by atoms with E-state index in [1.54, 1.807) is 28.1 Å². The van der Waals surface area contributed by atoms with E-state index in [-0.39, 0.29) is 17.5 Å². The van der Waals surface area contributed by atoms with Crippen molar-refractivity contribution in [3.63, 3.8) is 0 Å². The van der Waals surface area contributed by atoms with Crippen LogP contribution in [0.1, 0.15) is 32.2 Å². The van der Waals surface area contributed by atoms with Crippen LogP contribution in [0.4, 0.5) is 0 Å². The van der Waals surface area contributed by atoms with Crippen LogP contribution < -0.4 is 5.32 Å². The molecule has 0 saturated heterocycles. The molecule has 0 saturated carbocycles. The zero-order chi connectivity index (χ0) is 19.3. The molecule has 2 aromatic heterocycles. The van der Waals surface area contributed by atoms with Gasteiger partial charge in [0.25, 0.3) is 11.8 Å². The highest BCUT2D eigenvalue weighted by Crippen LogP contribution is 2.16. The van der Waals surface area contributed by atoms with Crippen LogP contribution in [-0.4, -0.2) is 44.3 Å². The number of imidazole rings is 1. The topological polar surface area (TPSA) is 80.1 Å². The molecule has 7 heteroatoms. The molecule has 1 aliphatic rings. The first-order valence-electron chi connectivity index (χ1n) is 9.28. The van der Waals surface area contributed by atoms with Gasteiger partial charge in [0.1, 0.15) is 5.69 Å². The normalized spacial score (nSPS) is 13.3. The summed E-state index contributed by atoms with van der Waals surface area (Å²) in [4.78, 5) is 35.3. The third kappa shape index (κ3) is 3.93. The molecule has 2 amide bonds. The number of aromatic nitrogens is 3. The third-order valence-corrected chi connectivity index (χ3v) is 4.74. The lowest BCUT2D eigenvalue weighted by Gasteiger charge is -2.27. The molecule has 1 N–H and O–H groups in total. The minimum absolute atomic E-state index is 0.149. The second-order valence-corrected chi connectivity index (χ2v) is 6.72. The van der Waals surface area contributed by atoms with Gasteiger partial charge in [-0.15, -0.1) is 0 Å². The summed E-state index contributed by atoms with van der Waals surface area (Å²) in [5.74, 6) is -0.0997. The van der Waals surface area contributed by atoms with Crippen molar-refractivity contribution in [2.24, 2.45) is 0 Å². The summed E-state index contributed by atoms with van der Waals surface area (Å²) in [6.07, 6.45) is 5.85. The molecule has 3 heterocycles. The van der Waals surface area contributed by atoms with Crippen molar-refractivity contribution in [2.45, 2.75) is 19.5 Å². The first-order valence-corrected chi connectivity index (χ1v) is 9.28. The van der Waals surface area contributed by atoms with Gasteiger partial charge in [0.15, 0.2) is 5.82 Å². The Balaban J connectivity index is 1.38. The highest BCUT2D eigenvalue weighted by atomic mass is 16.2. The number of fused-ring (bicyclic) bond motifs is 1. The maximum absolute atomic E-state index is 12.8. The van der Waals surface area contributed by atoms with Gasteiger partial charge in [0, 0.05) is 44.8 Å². The van der Waals surface area contributed by atoms with Crippen LogP contribution in [0.15, 0.2) is 61.1 Å². The number of benzene rings is 1. The monoisotopic (exact) mass is 375 g/mol. The van der Waals surface area contributed by atoms with E-state index in [9.17, 15) is 9.59 Å². The van der Waals surface area contributed by atoms with Crippen molar-refractivity contribution in [1.82, 2.24) is 24.8 Å². The van der Waals surface area contributed by atoms with Crippen LogP contribution in [0.2, 0.25) is 0 Å². The molecule has 0 fully saturated rings. The Hall–Kier alpha value is -3.48. The lowest BCUT2D eigenvalue weighted by Crippen LogP contribution is -2.39. The number of pyridine rings is 1. The molecule has 0 unspecified atom stereocenters. The van der Waals surface area contributed by atoms with Crippen molar-refractivity contribution < 1.29 is 9.59 Å². The molecule has 3 aromatic rings. The Morgan fingerprint density at radius 2 is 1.89 bits per heavy atom. The maximum Gasteiger partial charge on any atom is 0.290 e. The van der Waals surface area contributed by atoms with Gasteiger partial charge in [-0.05, 0) is 23.6 Å². The molecular formula is C21H21N5O2. The predicted octanol–water partition coefficient (Wildman–Crippen LogP) is 1.91. The molecule has 0 atom stereocenters. The maximum atomic E-state index is 12.8. The summed E-state index contributed by atoms with van der Waals surface area (Å²) in [5, 5.41) is 2.86. The summed E-state index contributed by atoms with van der Waals surface area (Å²) in [6.45, 7) is 2.25. The second kappa shape index (κ2) is 8.04. The predicted molar refractivity (Wildman–Crippen MR) is 104 cm³/mol. The number of rotatable bonds is 6. The third-order valence-electron chi connectivity index (χ3n) is 4.74. The average molecular weight is 375 g/mol. The standard InChI is InChI=1S/C21H21N5O2/c27-20(23-10-8-16-7-4-9-22-13-16)18-15-25-11-12-26(21(28)19(25)24-18)14-17-5-2-1-3-6-17/h1-7,9,13,15H,8,10-12,14H2,(H,23,27). The highest BCUT2D eigenvalue weighted by molar-refractivity contribution is 5.96. The van der Waals surface area contributed by atoms with Gasteiger partial charge in [-0.1, -0.05) is 36.4 Å². The van der Waals surface area contributed by atoms with Gasteiger partial charge in [0.05, 0.1) is 0 Å². The fraction of sp³-hybridized carbons (Fsp3) is 0.238. The molecule has 28 heavy (non-hydrogen) atoms. The number of carbonyl (C=O) groups is 2. The van der Waals surface area contributed by atoms with Crippen molar-refractivity contribution >= 4 is 11.8 Å². The number of nitrogens with one attached hydrogen (secondary N) is 1. The summed E-state index contributed by atoms with van der Waals surface area (Å²) in [5.41, 5.74) is 2.40. The molecule has 0 spiro atoms. The van der Waals surface area contributed by atoms with Crippen LogP contribution in [-0.2, 0) is 19.5 Å². The highest BCUT2D eigenvalue weighted by Gasteiger charge is 2.28. The minimum atomic E-state index is -0.270. The first-order chi connectivity index (χ1) is 13.7. The van der Waals surface area contributed by atoms with Gasteiger partial charge in [-0.2, -0.15) is 0 Å². The van der Waals surface area contributed by atoms with Crippen LogP contribution >= 0.6 is 0 Å². The SMILES string of the molecule is O=C(NCCc1cccnc1)c1cn2c(n1)C(=O)N(Cc1ccccc1)CC2. The summed E-state index contributed by atoms with van der Waals surface area (Å²) in [6, 6.07) is 13.7.